The molecule has 0 unspecified atom stereocenters. The first kappa shape index (κ1) is 22.4. The number of hydrogen-bond acceptors (Lipinski definition) is 3. The van der Waals surface area contributed by atoms with Gasteiger partial charge < -0.3 is 15.5 Å². The molecule has 0 radical (unpaired) electrons. The maximum absolute atomic E-state index is 11.8. The van der Waals surface area contributed by atoms with Gasteiger partial charge in [-0.3, -0.25) is 4.79 Å². The molecule has 0 saturated carbocycles. The van der Waals surface area contributed by atoms with Crippen LogP contribution >= 0.6 is 0 Å². The van der Waals surface area contributed by atoms with E-state index in [9.17, 15) is 9.90 Å². The summed E-state index contributed by atoms with van der Waals surface area (Å²) >= 11 is 0. The molecule has 0 aliphatic carbocycles. The molecule has 4 nitrogen and oxygen atoms in total. The van der Waals surface area contributed by atoms with Crippen LogP contribution in [-0.4, -0.2) is 34.9 Å². The fourth-order valence-corrected chi connectivity index (χ4v) is 2.85. The minimum absolute atomic E-state index is 0.0338. The van der Waals surface area contributed by atoms with Gasteiger partial charge in [-0.05, 0) is 12.8 Å². The predicted molar refractivity (Wildman–Crippen MR) is 96.4 cm³/mol. The summed E-state index contributed by atoms with van der Waals surface area (Å²) in [5, 5.41) is 21.9. The summed E-state index contributed by atoms with van der Waals surface area (Å²) in [7, 11) is 0. The Labute approximate surface area is 143 Å². The average molecular weight is 330 g/mol. The average Bonchev–Trinajstić information content (AvgIpc) is 2.52. The van der Waals surface area contributed by atoms with E-state index in [-0.39, 0.29) is 25.0 Å². The highest BCUT2D eigenvalue weighted by Gasteiger charge is 2.14. The Morgan fingerprint density at radius 1 is 0.870 bits per heavy atom. The number of aliphatic hydroxyl groups is 2. The van der Waals surface area contributed by atoms with Crippen molar-refractivity contribution in [1.29, 1.82) is 0 Å². The fourth-order valence-electron chi connectivity index (χ4n) is 2.85. The lowest BCUT2D eigenvalue weighted by molar-refractivity contribution is -0.124. The van der Waals surface area contributed by atoms with Gasteiger partial charge in [0.1, 0.15) is 0 Å². The van der Waals surface area contributed by atoms with E-state index in [0.717, 1.165) is 25.7 Å². The Bertz CT molecular complexity index is 271. The third kappa shape index (κ3) is 14.7. The minimum atomic E-state index is -0.555. The van der Waals surface area contributed by atoms with Crippen molar-refractivity contribution in [3.8, 4) is 0 Å². The van der Waals surface area contributed by atoms with Crippen molar-refractivity contribution in [3.63, 3.8) is 0 Å². The van der Waals surface area contributed by atoms with Crippen LogP contribution in [0.1, 0.15) is 97.3 Å². The van der Waals surface area contributed by atoms with Crippen LogP contribution in [0.4, 0.5) is 0 Å². The van der Waals surface area contributed by atoms with E-state index in [2.05, 4.69) is 12.2 Å². The molecule has 0 aromatic rings. The summed E-state index contributed by atoms with van der Waals surface area (Å²) in [6.45, 7) is 4.22. The minimum Gasteiger partial charge on any atom is -0.394 e. The van der Waals surface area contributed by atoms with Gasteiger partial charge in [-0.25, -0.2) is 0 Å². The first-order valence-electron chi connectivity index (χ1n) is 9.72. The fraction of sp³-hybridized carbons (Fsp3) is 0.947. The zero-order valence-corrected chi connectivity index (χ0v) is 15.4. The van der Waals surface area contributed by atoms with E-state index in [0.29, 0.717) is 6.42 Å². The van der Waals surface area contributed by atoms with Crippen molar-refractivity contribution in [1.82, 2.24) is 5.32 Å². The number of nitrogens with one attached hydrogen (secondary N) is 1. The van der Waals surface area contributed by atoms with Crippen molar-refractivity contribution < 1.29 is 15.0 Å². The molecule has 23 heavy (non-hydrogen) atoms. The van der Waals surface area contributed by atoms with Crippen LogP contribution < -0.4 is 5.32 Å². The number of aliphatic hydroxyl groups excluding tert-OH is 2. The maximum atomic E-state index is 11.8. The van der Waals surface area contributed by atoms with E-state index >= 15 is 0 Å². The Morgan fingerprint density at radius 2 is 1.43 bits per heavy atom. The molecule has 0 saturated heterocycles. The van der Waals surface area contributed by atoms with Gasteiger partial charge in [0.25, 0.3) is 0 Å². The number of rotatable bonds is 16. The second-order valence-corrected chi connectivity index (χ2v) is 6.71. The van der Waals surface area contributed by atoms with Crippen LogP contribution in [0.3, 0.4) is 0 Å². The molecular weight excluding hydrogens is 290 g/mol. The van der Waals surface area contributed by atoms with Crippen LogP contribution in [0.25, 0.3) is 0 Å². The monoisotopic (exact) mass is 329 g/mol. The summed E-state index contributed by atoms with van der Waals surface area (Å²) in [5.41, 5.74) is 0. The molecule has 4 heteroatoms. The number of carbonyl (C=O) groups is 1. The van der Waals surface area contributed by atoms with Gasteiger partial charge in [0, 0.05) is 0 Å². The zero-order chi connectivity index (χ0) is 17.3. The van der Waals surface area contributed by atoms with Crippen LogP contribution in [0.2, 0.25) is 0 Å². The normalized spacial score (nSPS) is 13.7. The second kappa shape index (κ2) is 16.3. The zero-order valence-electron chi connectivity index (χ0n) is 15.4. The van der Waals surface area contributed by atoms with Gasteiger partial charge in [0.05, 0.1) is 25.2 Å². The number of unbranched alkanes of at least 4 members (excludes halogenated alkanes) is 8. The highest BCUT2D eigenvalue weighted by atomic mass is 16.3. The Balaban J connectivity index is 3.52. The molecule has 0 aromatic carbocycles. The van der Waals surface area contributed by atoms with E-state index in [4.69, 9.17) is 5.11 Å². The Kier molecular flexibility index (Phi) is 15.8. The second-order valence-electron chi connectivity index (χ2n) is 6.71. The highest BCUT2D eigenvalue weighted by Crippen LogP contribution is 2.12. The molecule has 2 atom stereocenters. The van der Waals surface area contributed by atoms with E-state index < -0.39 is 6.10 Å². The Hall–Kier alpha value is -0.610. The van der Waals surface area contributed by atoms with Crippen molar-refractivity contribution in [2.24, 2.45) is 0 Å². The van der Waals surface area contributed by atoms with Crippen LogP contribution in [-0.2, 0) is 4.79 Å². The van der Waals surface area contributed by atoms with E-state index in [1.165, 1.54) is 44.9 Å². The van der Waals surface area contributed by atoms with Gasteiger partial charge >= 0.3 is 0 Å². The topological polar surface area (TPSA) is 69.6 Å². The molecular formula is C19H39NO3. The van der Waals surface area contributed by atoms with E-state index in [1.54, 1.807) is 0 Å². The number of amides is 1. The van der Waals surface area contributed by atoms with Crippen molar-refractivity contribution in [3.05, 3.63) is 0 Å². The van der Waals surface area contributed by atoms with Crippen molar-refractivity contribution in [2.75, 3.05) is 6.61 Å². The molecule has 0 aliphatic heterocycles. The molecule has 1 amide bonds. The van der Waals surface area contributed by atoms with Crippen LogP contribution in [0.15, 0.2) is 0 Å². The summed E-state index contributed by atoms with van der Waals surface area (Å²) < 4.78 is 0. The smallest absolute Gasteiger partial charge is 0.222 e. The predicted octanol–water partition coefficient (Wildman–Crippen LogP) is 3.94. The van der Waals surface area contributed by atoms with Crippen LogP contribution in [0, 0.1) is 0 Å². The van der Waals surface area contributed by atoms with Gasteiger partial charge in [0.15, 0.2) is 0 Å². The summed E-state index contributed by atoms with van der Waals surface area (Å²) in [4.78, 5) is 11.8. The molecule has 0 aliphatic rings. The maximum Gasteiger partial charge on any atom is 0.222 e. The molecule has 3 N–H and O–H groups in total. The molecule has 0 bridgehead atoms. The summed E-state index contributed by atoms with van der Waals surface area (Å²) in [6, 6.07) is -0.174. The van der Waals surface area contributed by atoms with Gasteiger partial charge in [-0.15, -0.1) is 0 Å². The largest absolute Gasteiger partial charge is 0.394 e. The highest BCUT2D eigenvalue weighted by molar-refractivity contribution is 5.76. The summed E-state index contributed by atoms with van der Waals surface area (Å²) in [6.07, 6.45) is 13.3. The molecule has 0 spiro atoms. The van der Waals surface area contributed by atoms with Crippen molar-refractivity contribution in [2.45, 2.75) is 109 Å². The van der Waals surface area contributed by atoms with E-state index in [1.807, 2.05) is 6.92 Å². The SMILES string of the molecule is CCCCCCCCCCC[C@@H](O)CC(=O)N[C@@H](CO)CCC. The molecule has 0 aromatic heterocycles. The number of hydrogen-bond donors (Lipinski definition) is 3. The van der Waals surface area contributed by atoms with Gasteiger partial charge in [0.2, 0.25) is 5.91 Å². The molecule has 0 heterocycles. The third-order valence-electron chi connectivity index (χ3n) is 4.28. The lowest BCUT2D eigenvalue weighted by atomic mass is 10.0. The van der Waals surface area contributed by atoms with Gasteiger partial charge in [-0.1, -0.05) is 78.1 Å². The standard InChI is InChI=1S/C19H39NO3/c1-3-5-6-7-8-9-10-11-12-14-18(22)15-19(23)20-17(16-21)13-4-2/h17-18,21-22H,3-16H2,1-2H3,(H,20,23)/t17-,18-/m1/s1. The Morgan fingerprint density at radius 3 is 1.96 bits per heavy atom. The van der Waals surface area contributed by atoms with Crippen LogP contribution in [0.5, 0.6) is 0 Å². The van der Waals surface area contributed by atoms with Crippen molar-refractivity contribution >= 4 is 5.91 Å². The first-order valence-corrected chi connectivity index (χ1v) is 9.72. The molecule has 138 valence electrons. The van der Waals surface area contributed by atoms with Gasteiger partial charge in [-0.2, -0.15) is 0 Å². The molecule has 0 rings (SSSR count). The third-order valence-corrected chi connectivity index (χ3v) is 4.28. The number of carbonyl (C=O) groups excluding carboxylic acids is 1. The summed E-state index contributed by atoms with van der Waals surface area (Å²) in [5.74, 6) is -0.152. The lowest BCUT2D eigenvalue weighted by Gasteiger charge is -2.17. The lowest BCUT2D eigenvalue weighted by Crippen LogP contribution is -2.38. The first-order chi connectivity index (χ1) is 11.1. The quantitative estimate of drug-likeness (QED) is 0.376. The molecule has 0 fully saturated rings.